The number of carbonyl (C=O) groups is 1. The maximum atomic E-state index is 11.3. The molecule has 0 aromatic heterocycles. The number of amides is 1. The first-order chi connectivity index (χ1) is 8.19. The van der Waals surface area contributed by atoms with Gasteiger partial charge in [-0.1, -0.05) is 15.9 Å². The van der Waals surface area contributed by atoms with Gasteiger partial charge in [-0.3, -0.25) is 0 Å². The molecule has 5 heteroatoms. The van der Waals surface area contributed by atoms with Crippen LogP contribution >= 0.6 is 15.9 Å². The zero-order valence-electron chi connectivity index (χ0n) is 9.56. The molecule has 4 nitrogen and oxygen atoms in total. The summed E-state index contributed by atoms with van der Waals surface area (Å²) in [7, 11) is 0. The van der Waals surface area contributed by atoms with E-state index in [0.29, 0.717) is 19.7 Å². The molecule has 92 valence electrons. The van der Waals surface area contributed by atoms with E-state index in [1.54, 1.807) is 4.90 Å². The van der Waals surface area contributed by atoms with Gasteiger partial charge in [-0.05, 0) is 31.2 Å². The molecule has 0 N–H and O–H groups in total. The minimum atomic E-state index is -0.253. The zero-order chi connectivity index (χ0) is 12.3. The van der Waals surface area contributed by atoms with Crippen LogP contribution in [0.1, 0.15) is 6.92 Å². The fourth-order valence-corrected chi connectivity index (χ4v) is 1.90. The predicted molar refractivity (Wildman–Crippen MR) is 67.2 cm³/mol. The second-order valence-electron chi connectivity index (χ2n) is 3.81. The predicted octanol–water partition coefficient (Wildman–Crippen LogP) is 2.67. The second kappa shape index (κ2) is 5.40. The fraction of sp³-hybridized carbons (Fsp3) is 0.417. The first-order valence-electron chi connectivity index (χ1n) is 5.53. The average Bonchev–Trinajstić information content (AvgIpc) is 2.69. The molecule has 1 aliphatic heterocycles. The summed E-state index contributed by atoms with van der Waals surface area (Å²) in [6, 6.07) is 7.57. The Balaban J connectivity index is 1.83. The van der Waals surface area contributed by atoms with Crippen LogP contribution in [0.15, 0.2) is 28.7 Å². The third-order valence-corrected chi connectivity index (χ3v) is 3.11. The van der Waals surface area contributed by atoms with E-state index < -0.39 is 0 Å². The molecule has 1 heterocycles. The SMILES string of the molecule is CCN1C[C@H](COc2ccc(Br)cc2)OC1=O. The standard InChI is InChI=1S/C12H14BrNO3/c1-2-14-7-11(17-12(14)15)8-16-10-5-3-9(13)4-6-10/h3-6,11H,2,7-8H2,1H3/t11-/m1/s1. The van der Waals surface area contributed by atoms with E-state index in [2.05, 4.69) is 15.9 Å². The number of halogens is 1. The van der Waals surface area contributed by atoms with E-state index in [-0.39, 0.29) is 12.2 Å². The van der Waals surface area contributed by atoms with E-state index in [4.69, 9.17) is 9.47 Å². The normalized spacial score (nSPS) is 19.3. The van der Waals surface area contributed by atoms with E-state index in [1.807, 2.05) is 31.2 Å². The molecule has 1 aliphatic rings. The van der Waals surface area contributed by atoms with Gasteiger partial charge in [-0.15, -0.1) is 0 Å². The first-order valence-corrected chi connectivity index (χ1v) is 6.32. The first kappa shape index (κ1) is 12.2. The lowest BCUT2D eigenvalue weighted by Gasteiger charge is -2.10. The van der Waals surface area contributed by atoms with Gasteiger partial charge >= 0.3 is 6.09 Å². The molecule has 0 spiro atoms. The van der Waals surface area contributed by atoms with Crippen molar-refractivity contribution >= 4 is 22.0 Å². The Morgan fingerprint density at radius 2 is 2.18 bits per heavy atom. The highest BCUT2D eigenvalue weighted by Gasteiger charge is 2.30. The van der Waals surface area contributed by atoms with Crippen molar-refractivity contribution in [2.24, 2.45) is 0 Å². The van der Waals surface area contributed by atoms with Gasteiger partial charge < -0.3 is 14.4 Å². The average molecular weight is 300 g/mol. The van der Waals surface area contributed by atoms with Crippen molar-refractivity contribution in [3.63, 3.8) is 0 Å². The van der Waals surface area contributed by atoms with Gasteiger partial charge in [0, 0.05) is 11.0 Å². The number of nitrogens with zero attached hydrogens (tertiary/aromatic N) is 1. The maximum Gasteiger partial charge on any atom is 0.410 e. The molecule has 1 saturated heterocycles. The Hall–Kier alpha value is -1.23. The van der Waals surface area contributed by atoms with Crippen LogP contribution in [0.25, 0.3) is 0 Å². The summed E-state index contributed by atoms with van der Waals surface area (Å²) in [5.41, 5.74) is 0. The molecular formula is C12H14BrNO3. The molecule has 1 aromatic rings. The highest BCUT2D eigenvalue weighted by molar-refractivity contribution is 9.10. The largest absolute Gasteiger partial charge is 0.490 e. The van der Waals surface area contributed by atoms with Crippen LogP contribution in [-0.4, -0.2) is 36.8 Å². The van der Waals surface area contributed by atoms with Crippen LogP contribution in [0.4, 0.5) is 4.79 Å². The zero-order valence-corrected chi connectivity index (χ0v) is 11.1. The minimum absolute atomic E-state index is 0.175. The molecule has 2 rings (SSSR count). The Bertz CT molecular complexity index is 393. The van der Waals surface area contributed by atoms with Crippen LogP contribution in [-0.2, 0) is 4.74 Å². The van der Waals surface area contributed by atoms with Gasteiger partial charge in [0.15, 0.2) is 6.10 Å². The maximum absolute atomic E-state index is 11.3. The van der Waals surface area contributed by atoms with Gasteiger partial charge in [0.1, 0.15) is 12.4 Å². The number of ether oxygens (including phenoxy) is 2. The Morgan fingerprint density at radius 3 is 2.76 bits per heavy atom. The summed E-state index contributed by atoms with van der Waals surface area (Å²) in [6.45, 7) is 3.60. The third-order valence-electron chi connectivity index (χ3n) is 2.58. The van der Waals surface area contributed by atoms with Crippen LogP contribution in [0.2, 0.25) is 0 Å². The van der Waals surface area contributed by atoms with Gasteiger partial charge in [-0.25, -0.2) is 4.79 Å². The minimum Gasteiger partial charge on any atom is -0.490 e. The summed E-state index contributed by atoms with van der Waals surface area (Å²) < 4.78 is 11.7. The summed E-state index contributed by atoms with van der Waals surface area (Å²) >= 11 is 3.36. The van der Waals surface area contributed by atoms with E-state index in [1.165, 1.54) is 0 Å². The van der Waals surface area contributed by atoms with E-state index in [9.17, 15) is 4.79 Å². The van der Waals surface area contributed by atoms with Crippen LogP contribution < -0.4 is 4.74 Å². The molecule has 0 aliphatic carbocycles. The van der Waals surface area contributed by atoms with Crippen molar-refractivity contribution in [1.82, 2.24) is 4.90 Å². The second-order valence-corrected chi connectivity index (χ2v) is 4.73. The molecule has 1 atom stereocenters. The van der Waals surface area contributed by atoms with Crippen molar-refractivity contribution < 1.29 is 14.3 Å². The molecule has 0 radical (unpaired) electrons. The molecule has 0 saturated carbocycles. The topological polar surface area (TPSA) is 38.8 Å². The number of benzene rings is 1. The number of rotatable bonds is 4. The quantitative estimate of drug-likeness (QED) is 0.858. The molecule has 17 heavy (non-hydrogen) atoms. The lowest BCUT2D eigenvalue weighted by molar-refractivity contribution is 0.103. The summed E-state index contributed by atoms with van der Waals surface area (Å²) in [4.78, 5) is 13.0. The number of hydrogen-bond acceptors (Lipinski definition) is 3. The Morgan fingerprint density at radius 1 is 1.47 bits per heavy atom. The molecule has 0 bridgehead atoms. The number of carbonyl (C=O) groups excluding carboxylic acids is 1. The van der Waals surface area contributed by atoms with Gasteiger partial charge in [0.2, 0.25) is 0 Å². The number of likely N-dealkylation sites (N-methyl/N-ethyl adjacent to an activating group) is 1. The molecule has 0 unspecified atom stereocenters. The highest BCUT2D eigenvalue weighted by Crippen LogP contribution is 2.17. The molecule has 1 aromatic carbocycles. The third kappa shape index (κ3) is 3.12. The highest BCUT2D eigenvalue weighted by atomic mass is 79.9. The van der Waals surface area contributed by atoms with E-state index in [0.717, 1.165) is 10.2 Å². The van der Waals surface area contributed by atoms with Crippen molar-refractivity contribution in [2.45, 2.75) is 13.0 Å². The lowest BCUT2D eigenvalue weighted by Crippen LogP contribution is -2.26. The van der Waals surface area contributed by atoms with Gasteiger partial charge in [-0.2, -0.15) is 0 Å². The fourth-order valence-electron chi connectivity index (χ4n) is 1.64. The Labute approximate surface area is 109 Å². The van der Waals surface area contributed by atoms with Crippen LogP contribution in [0.3, 0.4) is 0 Å². The van der Waals surface area contributed by atoms with Gasteiger partial charge in [0.25, 0.3) is 0 Å². The number of cyclic esters (lactones) is 1. The molecule has 1 fully saturated rings. The summed E-state index contributed by atoms with van der Waals surface area (Å²) in [5.74, 6) is 0.777. The Kier molecular flexibility index (Phi) is 3.89. The molecule has 1 amide bonds. The summed E-state index contributed by atoms with van der Waals surface area (Å²) in [5, 5.41) is 0. The summed E-state index contributed by atoms with van der Waals surface area (Å²) in [6.07, 6.45) is -0.428. The van der Waals surface area contributed by atoms with Crippen LogP contribution in [0.5, 0.6) is 5.75 Å². The number of hydrogen-bond donors (Lipinski definition) is 0. The van der Waals surface area contributed by atoms with Crippen molar-refractivity contribution in [1.29, 1.82) is 0 Å². The van der Waals surface area contributed by atoms with Crippen molar-refractivity contribution in [3.05, 3.63) is 28.7 Å². The molecular weight excluding hydrogens is 286 g/mol. The van der Waals surface area contributed by atoms with Crippen molar-refractivity contribution in [2.75, 3.05) is 19.7 Å². The lowest BCUT2D eigenvalue weighted by atomic mass is 10.3. The van der Waals surface area contributed by atoms with Crippen molar-refractivity contribution in [3.8, 4) is 5.75 Å². The smallest absolute Gasteiger partial charge is 0.410 e. The monoisotopic (exact) mass is 299 g/mol. The van der Waals surface area contributed by atoms with E-state index >= 15 is 0 Å². The van der Waals surface area contributed by atoms with Crippen LogP contribution in [0, 0.1) is 0 Å². The van der Waals surface area contributed by atoms with Gasteiger partial charge in [0.05, 0.1) is 6.54 Å².